The first-order valence-corrected chi connectivity index (χ1v) is 7.33. The molecule has 96 valence electrons. The number of anilines is 1. The zero-order chi connectivity index (χ0) is 12.7. The minimum Gasteiger partial charge on any atom is -0.353 e. The molecule has 0 saturated heterocycles. The van der Waals surface area contributed by atoms with Crippen molar-refractivity contribution in [1.29, 1.82) is 0 Å². The number of aromatic nitrogens is 2. The number of hydrogen-bond acceptors (Lipinski definition) is 3. The summed E-state index contributed by atoms with van der Waals surface area (Å²) in [5.74, 6) is 1.01. The van der Waals surface area contributed by atoms with Crippen LogP contribution >= 0.6 is 11.3 Å². The van der Waals surface area contributed by atoms with E-state index in [1.807, 2.05) is 17.5 Å². The molecular formula is C14H19N3S. The lowest BCUT2D eigenvalue weighted by molar-refractivity contribution is 0.642. The van der Waals surface area contributed by atoms with Gasteiger partial charge in [0.15, 0.2) is 0 Å². The molecule has 0 spiro atoms. The van der Waals surface area contributed by atoms with Gasteiger partial charge in [0.1, 0.15) is 0 Å². The second-order valence-electron chi connectivity index (χ2n) is 5.12. The molecule has 1 unspecified atom stereocenters. The molecule has 3 rings (SSSR count). The van der Waals surface area contributed by atoms with Crippen LogP contribution in [0.15, 0.2) is 18.5 Å². The van der Waals surface area contributed by atoms with Gasteiger partial charge in [-0.05, 0) is 45.2 Å². The lowest BCUT2D eigenvalue weighted by atomic mass is 10.1. The van der Waals surface area contributed by atoms with Crippen LogP contribution in [0.2, 0.25) is 0 Å². The summed E-state index contributed by atoms with van der Waals surface area (Å²) in [6.07, 6.45) is 6.51. The van der Waals surface area contributed by atoms with Gasteiger partial charge in [-0.2, -0.15) is 0 Å². The van der Waals surface area contributed by atoms with Gasteiger partial charge in [0, 0.05) is 28.2 Å². The molecule has 1 aliphatic rings. The van der Waals surface area contributed by atoms with Crippen molar-refractivity contribution in [1.82, 2.24) is 9.55 Å². The predicted octanol–water partition coefficient (Wildman–Crippen LogP) is 3.75. The zero-order valence-electron chi connectivity index (χ0n) is 11.1. The van der Waals surface area contributed by atoms with E-state index >= 15 is 0 Å². The van der Waals surface area contributed by atoms with Crippen molar-refractivity contribution < 1.29 is 0 Å². The van der Waals surface area contributed by atoms with E-state index in [2.05, 4.69) is 47.9 Å². The molecule has 3 nitrogen and oxygen atoms in total. The quantitative estimate of drug-likeness (QED) is 0.908. The van der Waals surface area contributed by atoms with Crippen molar-refractivity contribution in [2.75, 3.05) is 5.32 Å². The number of nitrogens with zero attached hydrogens (tertiary/aromatic N) is 2. The molecule has 1 N–H and O–H groups in total. The highest BCUT2D eigenvalue weighted by Gasteiger charge is 2.24. The van der Waals surface area contributed by atoms with Crippen molar-refractivity contribution in [3.05, 3.63) is 33.8 Å². The van der Waals surface area contributed by atoms with Gasteiger partial charge in [-0.1, -0.05) is 0 Å². The highest BCUT2D eigenvalue weighted by Crippen LogP contribution is 2.31. The Morgan fingerprint density at radius 1 is 1.44 bits per heavy atom. The maximum Gasteiger partial charge on any atom is 0.203 e. The molecule has 1 fully saturated rings. The van der Waals surface area contributed by atoms with E-state index < -0.39 is 0 Å². The zero-order valence-corrected chi connectivity index (χ0v) is 11.9. The molecule has 18 heavy (non-hydrogen) atoms. The number of rotatable bonds is 4. The summed E-state index contributed by atoms with van der Waals surface area (Å²) < 4.78 is 2.24. The summed E-state index contributed by atoms with van der Waals surface area (Å²) in [5.41, 5.74) is 1.41. The van der Waals surface area contributed by atoms with Crippen molar-refractivity contribution in [2.24, 2.45) is 0 Å². The van der Waals surface area contributed by atoms with Crippen LogP contribution in [0.5, 0.6) is 0 Å². The largest absolute Gasteiger partial charge is 0.353 e. The third-order valence-electron chi connectivity index (χ3n) is 3.53. The average molecular weight is 261 g/mol. The summed E-state index contributed by atoms with van der Waals surface area (Å²) in [6.45, 7) is 6.62. The van der Waals surface area contributed by atoms with Crippen molar-refractivity contribution >= 4 is 17.3 Å². The molecule has 2 aromatic heterocycles. The van der Waals surface area contributed by atoms with Crippen LogP contribution in [-0.4, -0.2) is 15.6 Å². The van der Waals surface area contributed by atoms with Crippen LogP contribution in [0.4, 0.5) is 5.95 Å². The van der Waals surface area contributed by atoms with Gasteiger partial charge in [-0.3, -0.25) is 0 Å². The normalized spacial score (nSPS) is 16.8. The molecule has 0 aromatic carbocycles. The number of thiophene rings is 1. The summed E-state index contributed by atoms with van der Waals surface area (Å²) in [6, 6.07) is 3.29. The molecule has 0 bridgehead atoms. The maximum atomic E-state index is 4.43. The summed E-state index contributed by atoms with van der Waals surface area (Å²) in [5, 5.41) is 3.50. The second-order valence-corrected chi connectivity index (χ2v) is 6.58. The fourth-order valence-electron chi connectivity index (χ4n) is 2.36. The topological polar surface area (TPSA) is 29.9 Å². The SMILES string of the molecule is Cc1cc(C(C)n2ccnc2NC2CC2)c(C)s1. The molecule has 0 radical (unpaired) electrons. The first-order valence-electron chi connectivity index (χ1n) is 6.51. The van der Waals surface area contributed by atoms with Gasteiger partial charge in [0.05, 0.1) is 6.04 Å². The van der Waals surface area contributed by atoms with Crippen molar-refractivity contribution in [3.8, 4) is 0 Å². The summed E-state index contributed by atoms with van der Waals surface area (Å²) in [4.78, 5) is 7.22. The Bertz CT molecular complexity index is 551. The minimum absolute atomic E-state index is 0.346. The van der Waals surface area contributed by atoms with E-state index in [1.165, 1.54) is 28.2 Å². The van der Waals surface area contributed by atoms with Gasteiger partial charge in [0.25, 0.3) is 0 Å². The Hall–Kier alpha value is -1.29. The van der Waals surface area contributed by atoms with Crippen LogP contribution in [0.3, 0.4) is 0 Å². The molecule has 1 saturated carbocycles. The van der Waals surface area contributed by atoms with Gasteiger partial charge in [-0.15, -0.1) is 11.3 Å². The Labute approximate surface area is 112 Å². The third kappa shape index (κ3) is 2.17. The standard InChI is InChI=1S/C14H19N3S/c1-9-8-13(11(3)18-9)10(2)17-7-6-15-14(17)16-12-4-5-12/h6-8,10,12H,4-5H2,1-3H3,(H,15,16). The van der Waals surface area contributed by atoms with E-state index in [1.54, 1.807) is 0 Å². The van der Waals surface area contributed by atoms with E-state index in [4.69, 9.17) is 0 Å². The van der Waals surface area contributed by atoms with Crippen LogP contribution in [-0.2, 0) is 0 Å². The monoisotopic (exact) mass is 261 g/mol. The third-order valence-corrected chi connectivity index (χ3v) is 4.51. The molecular weight excluding hydrogens is 242 g/mol. The smallest absolute Gasteiger partial charge is 0.203 e. The predicted molar refractivity (Wildman–Crippen MR) is 76.5 cm³/mol. The molecule has 0 aliphatic heterocycles. The van der Waals surface area contributed by atoms with E-state index in [0.717, 1.165) is 5.95 Å². The minimum atomic E-state index is 0.346. The van der Waals surface area contributed by atoms with Gasteiger partial charge in [0.2, 0.25) is 5.95 Å². The molecule has 2 heterocycles. The summed E-state index contributed by atoms with van der Waals surface area (Å²) in [7, 11) is 0. The summed E-state index contributed by atoms with van der Waals surface area (Å²) >= 11 is 1.87. The molecule has 2 aromatic rings. The highest BCUT2D eigenvalue weighted by molar-refractivity contribution is 7.12. The molecule has 1 atom stereocenters. The fourth-order valence-corrected chi connectivity index (χ4v) is 3.38. The Balaban J connectivity index is 1.89. The lowest BCUT2D eigenvalue weighted by Gasteiger charge is -2.17. The fraction of sp³-hybridized carbons (Fsp3) is 0.500. The highest BCUT2D eigenvalue weighted by atomic mass is 32.1. The van der Waals surface area contributed by atoms with Crippen molar-refractivity contribution in [2.45, 2.75) is 45.7 Å². The number of nitrogens with one attached hydrogen (secondary N) is 1. The first kappa shape index (κ1) is 11.8. The molecule has 0 amide bonds. The van der Waals surface area contributed by atoms with Gasteiger partial charge < -0.3 is 9.88 Å². The maximum absolute atomic E-state index is 4.43. The van der Waals surface area contributed by atoms with E-state index in [9.17, 15) is 0 Å². The first-order chi connectivity index (χ1) is 8.65. The molecule has 1 aliphatic carbocycles. The average Bonchev–Trinajstić information content (AvgIpc) is 2.90. The van der Waals surface area contributed by atoms with Crippen LogP contribution < -0.4 is 5.32 Å². The number of aryl methyl sites for hydroxylation is 2. The van der Waals surface area contributed by atoms with E-state index in [-0.39, 0.29) is 0 Å². The van der Waals surface area contributed by atoms with Crippen LogP contribution in [0.1, 0.15) is 41.1 Å². The second kappa shape index (κ2) is 4.43. The van der Waals surface area contributed by atoms with Gasteiger partial charge in [-0.25, -0.2) is 4.98 Å². The Morgan fingerprint density at radius 3 is 2.83 bits per heavy atom. The van der Waals surface area contributed by atoms with Crippen LogP contribution in [0, 0.1) is 13.8 Å². The number of hydrogen-bond donors (Lipinski definition) is 1. The lowest BCUT2D eigenvalue weighted by Crippen LogP contribution is -2.13. The van der Waals surface area contributed by atoms with Crippen LogP contribution in [0.25, 0.3) is 0 Å². The Morgan fingerprint density at radius 2 is 2.22 bits per heavy atom. The number of imidazole rings is 1. The van der Waals surface area contributed by atoms with Crippen molar-refractivity contribution in [3.63, 3.8) is 0 Å². The molecule has 4 heteroatoms. The Kier molecular flexibility index (Phi) is 2.90. The van der Waals surface area contributed by atoms with E-state index in [0.29, 0.717) is 12.1 Å². The van der Waals surface area contributed by atoms with Gasteiger partial charge >= 0.3 is 0 Å².